The van der Waals surface area contributed by atoms with E-state index in [9.17, 15) is 9.90 Å². The molecule has 4 rings (SSSR count). The van der Waals surface area contributed by atoms with Crippen LogP contribution >= 0.6 is 0 Å². The van der Waals surface area contributed by atoms with Crippen molar-refractivity contribution in [1.29, 1.82) is 0 Å². The number of nitrogens with one attached hydrogen (secondary N) is 1. The van der Waals surface area contributed by atoms with Gasteiger partial charge in [0.1, 0.15) is 0 Å². The fraction of sp³-hybridized carbons (Fsp3) is 0.300. The van der Waals surface area contributed by atoms with Crippen LogP contribution < -0.4 is 10.4 Å². The minimum absolute atomic E-state index is 0.203. The van der Waals surface area contributed by atoms with Crippen molar-refractivity contribution in [3.8, 4) is 0 Å². The summed E-state index contributed by atoms with van der Waals surface area (Å²) in [6.07, 6.45) is 9.86. The van der Waals surface area contributed by atoms with Gasteiger partial charge in [0.05, 0.1) is 5.97 Å². The Morgan fingerprint density at radius 3 is 2.67 bits per heavy atom. The number of carboxylic acids is 1. The zero-order valence-electron chi connectivity index (χ0n) is 13.4. The van der Waals surface area contributed by atoms with Crippen molar-refractivity contribution in [3.05, 3.63) is 48.3 Å². The molecule has 1 heterocycles. The van der Waals surface area contributed by atoms with Crippen molar-refractivity contribution < 1.29 is 9.90 Å². The van der Waals surface area contributed by atoms with E-state index in [1.807, 2.05) is 18.3 Å². The van der Waals surface area contributed by atoms with E-state index in [0.717, 1.165) is 27.2 Å². The van der Waals surface area contributed by atoms with Crippen molar-refractivity contribution in [2.75, 3.05) is 5.32 Å². The quantitative estimate of drug-likeness (QED) is 0.750. The highest BCUT2D eigenvalue weighted by atomic mass is 16.4. The van der Waals surface area contributed by atoms with Crippen molar-refractivity contribution >= 4 is 33.2 Å². The van der Waals surface area contributed by atoms with Crippen LogP contribution in [0.25, 0.3) is 21.5 Å². The number of carbonyl (C=O) groups is 1. The van der Waals surface area contributed by atoms with E-state index >= 15 is 0 Å². The molecule has 1 fully saturated rings. The third-order valence-electron chi connectivity index (χ3n) is 4.95. The molecule has 1 N–H and O–H groups in total. The average Bonchev–Trinajstić information content (AvgIpc) is 2.62. The first-order valence-corrected chi connectivity index (χ1v) is 8.51. The Labute approximate surface area is 140 Å². The largest absolute Gasteiger partial charge is 0.545 e. The fourth-order valence-corrected chi connectivity index (χ4v) is 3.72. The number of hydrogen-bond donors (Lipinski definition) is 1. The molecule has 0 aliphatic heterocycles. The second-order valence-corrected chi connectivity index (χ2v) is 6.55. The van der Waals surface area contributed by atoms with Gasteiger partial charge in [0, 0.05) is 34.9 Å². The Morgan fingerprint density at radius 1 is 1.04 bits per heavy atom. The summed E-state index contributed by atoms with van der Waals surface area (Å²) in [5, 5.41) is 18.9. The van der Waals surface area contributed by atoms with Gasteiger partial charge in [0.25, 0.3) is 0 Å². The van der Waals surface area contributed by atoms with E-state index in [-0.39, 0.29) is 5.56 Å². The lowest BCUT2D eigenvalue weighted by molar-refractivity contribution is -0.255. The molecular formula is C20H19N2O2-. The van der Waals surface area contributed by atoms with Crippen LogP contribution in [0.2, 0.25) is 0 Å². The first-order chi connectivity index (χ1) is 11.7. The van der Waals surface area contributed by atoms with Gasteiger partial charge in [-0.1, -0.05) is 31.4 Å². The standard InChI is InChI=1S/C20H20N2O2/c23-20(24)13-6-7-16-14(10-13)11-19(17-8-9-21-12-18(16)17)22-15-4-2-1-3-5-15/h6-12,15,22H,1-5H2,(H,23,24)/p-1. The van der Waals surface area contributed by atoms with Gasteiger partial charge in [-0.15, -0.1) is 0 Å². The van der Waals surface area contributed by atoms with E-state index in [0.29, 0.717) is 6.04 Å². The molecule has 1 saturated carbocycles. The van der Waals surface area contributed by atoms with Crippen LogP contribution in [0.4, 0.5) is 5.69 Å². The predicted octanol–water partition coefficient (Wildman–Crippen LogP) is 3.50. The molecule has 4 nitrogen and oxygen atoms in total. The number of pyridine rings is 1. The first-order valence-electron chi connectivity index (χ1n) is 8.51. The van der Waals surface area contributed by atoms with Gasteiger partial charge in [-0.3, -0.25) is 4.98 Å². The van der Waals surface area contributed by atoms with Crippen LogP contribution in [-0.2, 0) is 0 Å². The van der Waals surface area contributed by atoms with Crippen LogP contribution in [0, 0.1) is 0 Å². The summed E-state index contributed by atoms with van der Waals surface area (Å²) in [5.41, 5.74) is 1.26. The molecule has 2 aromatic carbocycles. The zero-order valence-corrected chi connectivity index (χ0v) is 13.4. The first kappa shape index (κ1) is 14.9. The zero-order chi connectivity index (χ0) is 16.5. The second kappa shape index (κ2) is 6.11. The summed E-state index contributed by atoms with van der Waals surface area (Å²) in [4.78, 5) is 15.4. The van der Waals surface area contributed by atoms with Crippen LogP contribution in [0.15, 0.2) is 42.7 Å². The average molecular weight is 319 g/mol. The summed E-state index contributed by atoms with van der Waals surface area (Å²) in [6.45, 7) is 0. The summed E-state index contributed by atoms with van der Waals surface area (Å²) in [5.74, 6) is -1.15. The van der Waals surface area contributed by atoms with E-state index in [2.05, 4.69) is 16.4 Å². The molecule has 0 unspecified atom stereocenters. The van der Waals surface area contributed by atoms with Crippen LogP contribution in [-0.4, -0.2) is 17.0 Å². The molecule has 24 heavy (non-hydrogen) atoms. The summed E-state index contributed by atoms with van der Waals surface area (Å²) >= 11 is 0. The molecule has 0 amide bonds. The topological polar surface area (TPSA) is 65.0 Å². The lowest BCUT2D eigenvalue weighted by Crippen LogP contribution is -2.22. The number of anilines is 1. The number of aromatic carboxylic acids is 1. The molecule has 4 heteroatoms. The van der Waals surface area contributed by atoms with Gasteiger partial charge in [-0.2, -0.15) is 0 Å². The van der Waals surface area contributed by atoms with Gasteiger partial charge in [-0.05, 0) is 47.4 Å². The molecule has 0 atom stereocenters. The van der Waals surface area contributed by atoms with Gasteiger partial charge in [0.2, 0.25) is 0 Å². The van der Waals surface area contributed by atoms with Crippen molar-refractivity contribution in [2.45, 2.75) is 38.1 Å². The number of fused-ring (bicyclic) bond motifs is 3. The molecule has 1 aromatic heterocycles. The van der Waals surface area contributed by atoms with Crippen LogP contribution in [0.5, 0.6) is 0 Å². The maximum atomic E-state index is 11.2. The molecule has 3 aromatic rings. The number of benzene rings is 2. The van der Waals surface area contributed by atoms with Crippen LogP contribution in [0.3, 0.4) is 0 Å². The Bertz CT molecular complexity index is 914. The normalized spacial score (nSPS) is 15.7. The monoisotopic (exact) mass is 319 g/mol. The summed E-state index contributed by atoms with van der Waals surface area (Å²) in [7, 11) is 0. The highest BCUT2D eigenvalue weighted by Gasteiger charge is 2.15. The number of aromatic nitrogens is 1. The predicted molar refractivity (Wildman–Crippen MR) is 94.1 cm³/mol. The van der Waals surface area contributed by atoms with Gasteiger partial charge in [0.15, 0.2) is 0 Å². The summed E-state index contributed by atoms with van der Waals surface area (Å²) in [6, 6.07) is 9.68. The smallest absolute Gasteiger partial charge is 0.0715 e. The van der Waals surface area contributed by atoms with Gasteiger partial charge < -0.3 is 15.2 Å². The van der Waals surface area contributed by atoms with E-state index in [1.54, 1.807) is 18.3 Å². The molecule has 122 valence electrons. The van der Waals surface area contributed by atoms with E-state index in [4.69, 9.17) is 0 Å². The molecule has 1 aliphatic rings. The lowest BCUT2D eigenvalue weighted by atomic mass is 9.94. The number of carboxylic acid groups (broad SMARTS) is 1. The molecule has 1 aliphatic carbocycles. The van der Waals surface area contributed by atoms with Crippen molar-refractivity contribution in [3.63, 3.8) is 0 Å². The van der Waals surface area contributed by atoms with E-state index in [1.165, 1.54) is 32.1 Å². The highest BCUT2D eigenvalue weighted by molar-refractivity contribution is 6.13. The molecule has 0 spiro atoms. The fourth-order valence-electron chi connectivity index (χ4n) is 3.72. The third-order valence-corrected chi connectivity index (χ3v) is 4.95. The number of carbonyl (C=O) groups excluding carboxylic acids is 1. The maximum Gasteiger partial charge on any atom is 0.0715 e. The molecule has 0 radical (unpaired) electrons. The number of rotatable bonds is 3. The van der Waals surface area contributed by atoms with Crippen LogP contribution in [0.1, 0.15) is 42.5 Å². The minimum Gasteiger partial charge on any atom is -0.545 e. The van der Waals surface area contributed by atoms with E-state index < -0.39 is 5.97 Å². The van der Waals surface area contributed by atoms with Crippen molar-refractivity contribution in [2.24, 2.45) is 0 Å². The van der Waals surface area contributed by atoms with Crippen molar-refractivity contribution in [1.82, 2.24) is 4.98 Å². The molecular weight excluding hydrogens is 300 g/mol. The van der Waals surface area contributed by atoms with Gasteiger partial charge >= 0.3 is 0 Å². The SMILES string of the molecule is O=C([O-])c1ccc2c(c1)cc(NC1CCCCC1)c1ccncc12. The highest BCUT2D eigenvalue weighted by Crippen LogP contribution is 2.33. The second-order valence-electron chi connectivity index (χ2n) is 6.55. The number of hydrogen-bond acceptors (Lipinski definition) is 4. The molecule has 0 bridgehead atoms. The lowest BCUT2D eigenvalue weighted by Gasteiger charge is -2.25. The maximum absolute atomic E-state index is 11.2. The number of nitrogens with zero attached hydrogens (tertiary/aromatic N) is 1. The Balaban J connectivity index is 1.87. The summed E-state index contributed by atoms with van der Waals surface area (Å²) < 4.78 is 0. The Morgan fingerprint density at radius 2 is 1.88 bits per heavy atom. The third kappa shape index (κ3) is 2.68. The Hall–Kier alpha value is -2.62. The van der Waals surface area contributed by atoms with Gasteiger partial charge in [-0.25, -0.2) is 0 Å². The minimum atomic E-state index is -1.15. The Kier molecular flexibility index (Phi) is 3.81. The molecule has 0 saturated heterocycles.